The van der Waals surface area contributed by atoms with Crippen LogP contribution in [0.3, 0.4) is 0 Å². The molecule has 0 aliphatic rings. The molecule has 0 unspecified atom stereocenters. The SMILES string of the molecule is CCNC(=O)CN(C)C(=O)c1sc2nnccc2c1N. The molecule has 0 spiro atoms. The number of nitrogens with zero attached hydrogens (tertiary/aromatic N) is 3. The molecule has 2 aromatic rings. The van der Waals surface area contributed by atoms with Crippen molar-refractivity contribution < 1.29 is 9.59 Å². The Hall–Kier alpha value is -2.22. The van der Waals surface area contributed by atoms with E-state index in [1.54, 1.807) is 13.1 Å². The predicted octanol–water partition coefficient (Wildman–Crippen LogP) is 0.482. The monoisotopic (exact) mass is 293 g/mol. The minimum absolute atomic E-state index is 0.00790. The first-order valence-electron chi connectivity index (χ1n) is 6.06. The van der Waals surface area contributed by atoms with Gasteiger partial charge in [-0.1, -0.05) is 0 Å². The van der Waals surface area contributed by atoms with Crippen LogP contribution in [0.2, 0.25) is 0 Å². The quantitative estimate of drug-likeness (QED) is 0.854. The normalized spacial score (nSPS) is 10.5. The summed E-state index contributed by atoms with van der Waals surface area (Å²) in [4.78, 5) is 26.1. The topological polar surface area (TPSA) is 101 Å². The largest absolute Gasteiger partial charge is 0.397 e. The number of carbonyl (C=O) groups is 2. The van der Waals surface area contributed by atoms with Gasteiger partial charge in [0.05, 0.1) is 18.4 Å². The fourth-order valence-electron chi connectivity index (χ4n) is 1.75. The lowest BCUT2D eigenvalue weighted by molar-refractivity contribution is -0.121. The Kier molecular flexibility index (Phi) is 4.14. The number of nitrogens with two attached hydrogens (primary N) is 1. The van der Waals surface area contributed by atoms with Crippen molar-refractivity contribution in [1.82, 2.24) is 20.4 Å². The van der Waals surface area contributed by atoms with Crippen LogP contribution < -0.4 is 11.1 Å². The Labute approximate surface area is 119 Å². The third kappa shape index (κ3) is 2.69. The number of hydrogen-bond acceptors (Lipinski definition) is 6. The van der Waals surface area contributed by atoms with Crippen molar-refractivity contribution >= 4 is 39.1 Å². The van der Waals surface area contributed by atoms with Gasteiger partial charge in [0.1, 0.15) is 9.71 Å². The number of anilines is 1. The Morgan fingerprint density at radius 3 is 2.90 bits per heavy atom. The number of amides is 2. The first-order chi connectivity index (χ1) is 9.54. The number of hydrogen-bond donors (Lipinski definition) is 2. The summed E-state index contributed by atoms with van der Waals surface area (Å²) in [6.07, 6.45) is 1.53. The molecule has 0 saturated carbocycles. The fourth-order valence-corrected chi connectivity index (χ4v) is 2.78. The van der Waals surface area contributed by atoms with E-state index in [0.29, 0.717) is 27.3 Å². The van der Waals surface area contributed by atoms with Gasteiger partial charge in [0.15, 0.2) is 0 Å². The van der Waals surface area contributed by atoms with Gasteiger partial charge in [0, 0.05) is 19.0 Å². The van der Waals surface area contributed by atoms with Gasteiger partial charge >= 0.3 is 0 Å². The van der Waals surface area contributed by atoms with Gasteiger partial charge in [0.2, 0.25) is 5.91 Å². The van der Waals surface area contributed by atoms with Crippen LogP contribution in [0.15, 0.2) is 12.3 Å². The van der Waals surface area contributed by atoms with Crippen molar-refractivity contribution in [3.05, 3.63) is 17.1 Å². The number of carbonyl (C=O) groups excluding carboxylic acids is 2. The minimum atomic E-state index is -0.295. The zero-order valence-electron chi connectivity index (χ0n) is 11.2. The summed E-state index contributed by atoms with van der Waals surface area (Å²) in [7, 11) is 1.56. The zero-order chi connectivity index (χ0) is 14.7. The third-order valence-electron chi connectivity index (χ3n) is 2.72. The average molecular weight is 293 g/mol. The first-order valence-corrected chi connectivity index (χ1v) is 6.88. The summed E-state index contributed by atoms with van der Waals surface area (Å²) in [5, 5.41) is 11.0. The molecule has 106 valence electrons. The van der Waals surface area contributed by atoms with E-state index in [1.807, 2.05) is 6.92 Å². The van der Waals surface area contributed by atoms with Crippen molar-refractivity contribution in [2.45, 2.75) is 6.92 Å². The standard InChI is InChI=1S/C12H15N5O2S/c1-3-14-8(18)6-17(2)12(19)10-9(13)7-4-5-15-16-11(7)20-10/h4-5H,3,6,13H2,1-2H3,(H,14,18). The smallest absolute Gasteiger partial charge is 0.266 e. The maximum absolute atomic E-state index is 12.3. The van der Waals surface area contributed by atoms with Crippen molar-refractivity contribution in [3.8, 4) is 0 Å². The molecule has 8 heteroatoms. The van der Waals surface area contributed by atoms with E-state index in [1.165, 1.54) is 22.4 Å². The minimum Gasteiger partial charge on any atom is -0.397 e. The van der Waals surface area contributed by atoms with Crippen molar-refractivity contribution in [3.63, 3.8) is 0 Å². The van der Waals surface area contributed by atoms with Crippen LogP contribution in [0.4, 0.5) is 5.69 Å². The van der Waals surface area contributed by atoms with E-state index in [0.717, 1.165) is 0 Å². The molecule has 0 radical (unpaired) electrons. The molecule has 2 rings (SSSR count). The lowest BCUT2D eigenvalue weighted by Crippen LogP contribution is -2.38. The summed E-state index contributed by atoms with van der Waals surface area (Å²) >= 11 is 1.18. The molecule has 0 aromatic carbocycles. The maximum atomic E-state index is 12.3. The Morgan fingerprint density at radius 2 is 2.25 bits per heavy atom. The molecule has 0 saturated heterocycles. The Balaban J connectivity index is 2.22. The molecular weight excluding hydrogens is 278 g/mol. The number of aromatic nitrogens is 2. The molecule has 0 fully saturated rings. The van der Waals surface area contributed by atoms with E-state index in [4.69, 9.17) is 5.73 Å². The summed E-state index contributed by atoms with van der Waals surface area (Å²) in [5.74, 6) is -0.500. The lowest BCUT2D eigenvalue weighted by Gasteiger charge is -2.15. The van der Waals surface area contributed by atoms with Gasteiger partial charge in [-0.05, 0) is 13.0 Å². The number of likely N-dealkylation sites (N-methyl/N-ethyl adjacent to an activating group) is 2. The molecule has 0 aliphatic carbocycles. The molecule has 0 atom stereocenters. The van der Waals surface area contributed by atoms with Gasteiger partial charge in [-0.15, -0.1) is 16.4 Å². The molecule has 0 bridgehead atoms. The van der Waals surface area contributed by atoms with Crippen molar-refractivity contribution in [2.75, 3.05) is 25.9 Å². The number of nitrogens with one attached hydrogen (secondary N) is 1. The van der Waals surface area contributed by atoms with E-state index in [-0.39, 0.29) is 18.4 Å². The van der Waals surface area contributed by atoms with Crippen LogP contribution in [0.25, 0.3) is 10.2 Å². The Bertz CT molecular complexity index is 654. The van der Waals surface area contributed by atoms with Crippen LogP contribution in [0, 0.1) is 0 Å². The van der Waals surface area contributed by atoms with Crippen LogP contribution in [0.1, 0.15) is 16.6 Å². The van der Waals surface area contributed by atoms with Gasteiger partial charge in [-0.3, -0.25) is 9.59 Å². The first kappa shape index (κ1) is 14.2. The maximum Gasteiger partial charge on any atom is 0.266 e. The average Bonchev–Trinajstić information content (AvgIpc) is 2.76. The highest BCUT2D eigenvalue weighted by Crippen LogP contribution is 2.32. The van der Waals surface area contributed by atoms with Gasteiger partial charge in [-0.25, -0.2) is 0 Å². The van der Waals surface area contributed by atoms with Crippen molar-refractivity contribution in [1.29, 1.82) is 0 Å². The van der Waals surface area contributed by atoms with Crippen molar-refractivity contribution in [2.24, 2.45) is 0 Å². The molecule has 2 heterocycles. The highest BCUT2D eigenvalue weighted by Gasteiger charge is 2.21. The van der Waals surface area contributed by atoms with Gasteiger partial charge < -0.3 is 16.0 Å². The number of nitrogen functional groups attached to an aromatic ring is 1. The third-order valence-corrected chi connectivity index (χ3v) is 3.81. The van der Waals surface area contributed by atoms with E-state index in [2.05, 4.69) is 15.5 Å². The second kappa shape index (κ2) is 5.83. The number of fused-ring (bicyclic) bond motifs is 1. The zero-order valence-corrected chi connectivity index (χ0v) is 12.0. The highest BCUT2D eigenvalue weighted by molar-refractivity contribution is 7.21. The van der Waals surface area contributed by atoms with Crippen LogP contribution in [-0.2, 0) is 4.79 Å². The van der Waals surface area contributed by atoms with Gasteiger partial charge in [0.25, 0.3) is 5.91 Å². The fraction of sp³-hybridized carbons (Fsp3) is 0.333. The molecule has 2 amide bonds. The molecular formula is C12H15N5O2S. The second-order valence-electron chi connectivity index (χ2n) is 4.21. The Morgan fingerprint density at radius 1 is 1.50 bits per heavy atom. The summed E-state index contributed by atoms with van der Waals surface area (Å²) < 4.78 is 0. The molecule has 7 nitrogen and oxygen atoms in total. The van der Waals surface area contributed by atoms with Gasteiger partial charge in [-0.2, -0.15) is 5.10 Å². The van der Waals surface area contributed by atoms with E-state index < -0.39 is 0 Å². The molecule has 20 heavy (non-hydrogen) atoms. The van der Waals surface area contributed by atoms with Crippen LogP contribution in [-0.4, -0.2) is 47.0 Å². The highest BCUT2D eigenvalue weighted by atomic mass is 32.1. The predicted molar refractivity (Wildman–Crippen MR) is 77.5 cm³/mol. The van der Waals surface area contributed by atoms with E-state index >= 15 is 0 Å². The lowest BCUT2D eigenvalue weighted by atomic mass is 10.2. The summed E-state index contributed by atoms with van der Waals surface area (Å²) in [5.41, 5.74) is 6.34. The second-order valence-corrected chi connectivity index (χ2v) is 5.21. The van der Waals surface area contributed by atoms with Crippen LogP contribution in [0.5, 0.6) is 0 Å². The van der Waals surface area contributed by atoms with E-state index in [9.17, 15) is 9.59 Å². The summed E-state index contributed by atoms with van der Waals surface area (Å²) in [6, 6.07) is 1.72. The molecule has 0 aliphatic heterocycles. The summed E-state index contributed by atoms with van der Waals surface area (Å²) in [6.45, 7) is 2.34. The number of rotatable bonds is 4. The molecule has 2 aromatic heterocycles. The van der Waals surface area contributed by atoms with Crippen LogP contribution >= 0.6 is 11.3 Å². The molecule has 3 N–H and O–H groups in total. The number of thiophene rings is 1.